The molecule has 1 aliphatic rings. The number of hydrogen-bond donors (Lipinski definition) is 0. The monoisotopic (exact) mass is 556 g/mol. The van der Waals surface area contributed by atoms with Crippen LogP contribution in [0.4, 0.5) is 26.3 Å². The van der Waals surface area contributed by atoms with Crippen molar-refractivity contribution in [3.05, 3.63) is 4.13 Å². The number of rotatable bonds is 9. The fourth-order valence-electron chi connectivity index (χ4n) is 3.43. The van der Waals surface area contributed by atoms with E-state index in [1.807, 2.05) is 0 Å². The third-order valence-electron chi connectivity index (χ3n) is 4.76. The van der Waals surface area contributed by atoms with Crippen molar-refractivity contribution in [1.82, 2.24) is 0 Å². The number of quaternary nitrogens is 1. The summed E-state index contributed by atoms with van der Waals surface area (Å²) in [5.74, 6) is 0.695. The van der Waals surface area contributed by atoms with E-state index >= 15 is 0 Å². The Bertz CT molecular complexity index is 759. The van der Waals surface area contributed by atoms with E-state index in [1.54, 1.807) is 21.3 Å². The Hall–Kier alpha value is -0.503. The molecule has 18 heteroatoms. The molecule has 1 heterocycles. The van der Waals surface area contributed by atoms with Crippen LogP contribution in [0.2, 0.25) is 0 Å². The lowest BCUT2D eigenvalue weighted by Gasteiger charge is -2.45. The third kappa shape index (κ3) is 9.58. The van der Waals surface area contributed by atoms with E-state index in [0.717, 1.165) is 14.8 Å². The number of likely N-dealkylation sites (tertiary alicyclic amines) is 1. The van der Waals surface area contributed by atoms with Gasteiger partial charge < -0.3 is 21.9 Å². The number of sulfonamides is 2. The first-order valence-corrected chi connectivity index (χ1v) is 14.4. The normalized spacial score (nSPS) is 18.1. The van der Waals surface area contributed by atoms with Crippen molar-refractivity contribution in [3.63, 3.8) is 0 Å². The summed E-state index contributed by atoms with van der Waals surface area (Å²) < 4.78 is 127. The maximum atomic E-state index is 11.4. The van der Waals surface area contributed by atoms with Gasteiger partial charge in [-0.25, -0.2) is 16.8 Å². The van der Waals surface area contributed by atoms with Gasteiger partial charge >= 0.3 is 19.8 Å². The van der Waals surface area contributed by atoms with Crippen LogP contribution < -0.4 is 0 Å². The molecule has 0 saturated carbocycles. The standard InChI is InChI=1S/C13H30NO3Si.C2F6NO4S2/c1-13(2)11-14(9-7-6-8-10-14)12-18(15-3,16-4)17-5;3-1(4,5)14(10,11)9-15(12,13)2(6,7)8/h13H,6-12H2,1-5H3;/q+1;-1. The molecule has 0 aromatic carbocycles. The summed E-state index contributed by atoms with van der Waals surface area (Å²) in [6, 6.07) is 0. The van der Waals surface area contributed by atoms with E-state index < -0.39 is 39.9 Å². The molecule has 0 bridgehead atoms. The predicted octanol–water partition coefficient (Wildman–Crippen LogP) is 3.12. The first-order chi connectivity index (χ1) is 14.7. The van der Waals surface area contributed by atoms with Gasteiger partial charge in [0.05, 0.1) is 19.6 Å². The lowest BCUT2D eigenvalue weighted by Crippen LogP contribution is -2.64. The number of nitrogens with zero attached hydrogens (tertiary/aromatic N) is 2. The van der Waals surface area contributed by atoms with E-state index in [2.05, 4.69) is 13.8 Å². The van der Waals surface area contributed by atoms with E-state index in [0.29, 0.717) is 5.92 Å². The highest BCUT2D eigenvalue weighted by atomic mass is 32.3. The number of halogens is 6. The zero-order valence-electron chi connectivity index (χ0n) is 18.9. The molecule has 0 atom stereocenters. The summed E-state index contributed by atoms with van der Waals surface area (Å²) in [5.41, 5.74) is -12.4. The van der Waals surface area contributed by atoms with E-state index in [1.165, 1.54) is 38.9 Å². The molecule has 1 fully saturated rings. The van der Waals surface area contributed by atoms with Crippen LogP contribution in [-0.2, 0) is 33.3 Å². The molecule has 0 aromatic rings. The van der Waals surface area contributed by atoms with Crippen LogP contribution in [-0.4, -0.2) is 88.3 Å². The van der Waals surface area contributed by atoms with Gasteiger partial charge in [0.15, 0.2) is 20.0 Å². The second-order valence-electron chi connectivity index (χ2n) is 7.80. The highest BCUT2D eigenvalue weighted by Gasteiger charge is 2.49. The summed E-state index contributed by atoms with van der Waals surface area (Å²) in [4.78, 5) is 0. The molecule has 1 aliphatic heterocycles. The molecule has 0 unspecified atom stereocenters. The molecule has 1 rings (SSSR count). The highest BCUT2D eigenvalue weighted by molar-refractivity contribution is 8.13. The van der Waals surface area contributed by atoms with Gasteiger partial charge in [-0.3, -0.25) is 0 Å². The lowest BCUT2D eigenvalue weighted by atomic mass is 10.1. The molecule has 0 N–H and O–H groups in total. The fraction of sp³-hybridized carbons (Fsp3) is 1.00. The zero-order valence-corrected chi connectivity index (χ0v) is 21.5. The Labute approximate surface area is 191 Å². The Morgan fingerprint density at radius 2 is 1.18 bits per heavy atom. The maximum absolute atomic E-state index is 11.4. The third-order valence-corrected chi connectivity index (χ3v) is 10.4. The Morgan fingerprint density at radius 3 is 1.45 bits per heavy atom. The Morgan fingerprint density at radius 1 is 0.818 bits per heavy atom. The van der Waals surface area contributed by atoms with Crippen molar-refractivity contribution in [2.24, 2.45) is 5.92 Å². The topological polar surface area (TPSA) is 110 Å². The van der Waals surface area contributed by atoms with Crippen LogP contribution in [0, 0.1) is 5.92 Å². The molecular formula is C15H30F6N2O7S2Si. The van der Waals surface area contributed by atoms with Crippen molar-refractivity contribution < 1.29 is 60.9 Å². The van der Waals surface area contributed by atoms with Crippen molar-refractivity contribution >= 4 is 28.9 Å². The van der Waals surface area contributed by atoms with Gasteiger partial charge in [0.1, 0.15) is 6.17 Å². The van der Waals surface area contributed by atoms with Gasteiger partial charge in [0.25, 0.3) is 0 Å². The van der Waals surface area contributed by atoms with Gasteiger partial charge in [-0.05, 0) is 19.3 Å². The smallest absolute Gasteiger partial charge is 0.421 e. The Kier molecular flexibility index (Phi) is 11.8. The van der Waals surface area contributed by atoms with Crippen molar-refractivity contribution in [1.29, 1.82) is 0 Å². The molecule has 0 spiro atoms. The molecule has 9 nitrogen and oxygen atoms in total. The first-order valence-electron chi connectivity index (χ1n) is 9.59. The lowest BCUT2D eigenvalue weighted by molar-refractivity contribution is -0.928. The molecule has 0 aliphatic carbocycles. The van der Waals surface area contributed by atoms with Gasteiger partial charge in [-0.2, -0.15) is 26.3 Å². The molecule has 0 aromatic heterocycles. The molecular weight excluding hydrogens is 526 g/mol. The maximum Gasteiger partial charge on any atom is 0.558 e. The minimum atomic E-state index is -6.72. The number of alkyl halides is 6. The van der Waals surface area contributed by atoms with Crippen LogP contribution in [0.3, 0.4) is 0 Å². The average Bonchev–Trinajstić information content (AvgIpc) is 2.64. The molecule has 200 valence electrons. The van der Waals surface area contributed by atoms with Crippen LogP contribution in [0.25, 0.3) is 4.13 Å². The minimum Gasteiger partial charge on any atom is -0.421 e. The van der Waals surface area contributed by atoms with Crippen LogP contribution in [0.1, 0.15) is 33.1 Å². The second-order valence-corrected chi connectivity index (χ2v) is 14.1. The van der Waals surface area contributed by atoms with Crippen molar-refractivity contribution in [2.45, 2.75) is 44.1 Å². The van der Waals surface area contributed by atoms with Crippen molar-refractivity contribution in [3.8, 4) is 0 Å². The molecule has 1 saturated heterocycles. The summed E-state index contributed by atoms with van der Waals surface area (Å²) in [7, 11) is -10.8. The average molecular weight is 557 g/mol. The van der Waals surface area contributed by atoms with Crippen molar-refractivity contribution in [2.75, 3.05) is 47.1 Å². The molecule has 0 amide bonds. The van der Waals surface area contributed by atoms with Crippen LogP contribution in [0.5, 0.6) is 0 Å². The second kappa shape index (κ2) is 12.0. The summed E-state index contributed by atoms with van der Waals surface area (Å²) in [6.45, 7) is 8.27. The summed E-state index contributed by atoms with van der Waals surface area (Å²) in [6.07, 6.45) is 4.90. The highest BCUT2D eigenvalue weighted by Crippen LogP contribution is 2.36. The van der Waals surface area contributed by atoms with Crippen LogP contribution in [0.15, 0.2) is 0 Å². The quantitative estimate of drug-likeness (QED) is 0.244. The van der Waals surface area contributed by atoms with Gasteiger partial charge in [-0.15, -0.1) is 0 Å². The Balaban J connectivity index is 0.000000633. The van der Waals surface area contributed by atoms with E-state index in [9.17, 15) is 43.2 Å². The van der Waals surface area contributed by atoms with E-state index in [-0.39, 0.29) is 0 Å². The SMILES string of the molecule is CO[Si](C[N+]1(CC(C)C)CCCCC1)(OC)OC.O=S(=O)([N-]S(=O)(=O)C(F)(F)F)C(F)(F)F. The molecule has 0 radical (unpaired) electrons. The first kappa shape index (κ1) is 32.5. The van der Waals surface area contributed by atoms with Crippen LogP contribution >= 0.6 is 0 Å². The number of hydrogen-bond acceptors (Lipinski definition) is 7. The van der Waals surface area contributed by atoms with Gasteiger partial charge in [0.2, 0.25) is 0 Å². The summed E-state index contributed by atoms with van der Waals surface area (Å²) in [5, 5.41) is 0. The van der Waals surface area contributed by atoms with Gasteiger partial charge in [0, 0.05) is 27.2 Å². The van der Waals surface area contributed by atoms with Gasteiger partial charge in [-0.1, -0.05) is 13.8 Å². The zero-order chi connectivity index (χ0) is 26.4. The predicted molar refractivity (Wildman–Crippen MR) is 109 cm³/mol. The summed E-state index contributed by atoms with van der Waals surface area (Å²) >= 11 is 0. The largest absolute Gasteiger partial charge is 0.558 e. The van der Waals surface area contributed by atoms with E-state index in [4.69, 9.17) is 13.3 Å². The number of piperidine rings is 1. The fourth-order valence-corrected chi connectivity index (χ4v) is 7.29. The minimum absolute atomic E-state index is 0.695. The molecule has 33 heavy (non-hydrogen) atoms.